The van der Waals surface area contributed by atoms with Gasteiger partial charge in [-0.2, -0.15) is 0 Å². The van der Waals surface area contributed by atoms with E-state index in [2.05, 4.69) is 15.3 Å². The van der Waals surface area contributed by atoms with Crippen molar-refractivity contribution in [3.63, 3.8) is 0 Å². The van der Waals surface area contributed by atoms with Gasteiger partial charge < -0.3 is 26.2 Å². The fourth-order valence-electron chi connectivity index (χ4n) is 2.73. The van der Waals surface area contributed by atoms with Gasteiger partial charge in [-0.1, -0.05) is 23.7 Å². The molecule has 0 spiro atoms. The summed E-state index contributed by atoms with van der Waals surface area (Å²) < 4.78 is 0. The molecule has 3 aromatic rings. The average molecular weight is 419 g/mol. The third-order valence-corrected chi connectivity index (χ3v) is 4.35. The predicted octanol–water partition coefficient (Wildman–Crippen LogP) is 2.24. The number of carbonyl (C=O) groups is 2. The molecular weight excluding hydrogens is 396 g/mol. The highest BCUT2D eigenvalue weighted by molar-refractivity contribution is 6.31. The molecule has 0 fully saturated rings. The number of aromatic amines is 1. The van der Waals surface area contributed by atoms with Crippen LogP contribution >= 0.6 is 11.6 Å². The third-order valence-electron chi connectivity index (χ3n) is 4.11. The molecule has 9 heteroatoms. The van der Waals surface area contributed by atoms with Crippen LogP contribution in [0.2, 0.25) is 5.02 Å². The number of nitrogens with zero attached hydrogens (tertiary/aromatic N) is 1. The van der Waals surface area contributed by atoms with Crippen LogP contribution in [0.5, 0.6) is 5.75 Å². The van der Waals surface area contributed by atoms with Crippen LogP contribution in [0.15, 0.2) is 42.5 Å². The smallest absolute Gasteiger partial charge is 0.290 e. The van der Waals surface area contributed by atoms with E-state index in [-0.39, 0.29) is 18.1 Å². The van der Waals surface area contributed by atoms with Crippen molar-refractivity contribution in [2.24, 2.45) is 5.73 Å². The number of aromatic hydroxyl groups is 1. The summed E-state index contributed by atoms with van der Waals surface area (Å²) in [7, 11) is 0. The van der Waals surface area contributed by atoms with Gasteiger partial charge in [-0.15, -0.1) is 0 Å². The molecule has 0 aliphatic carbocycles. The van der Waals surface area contributed by atoms with E-state index in [4.69, 9.17) is 27.2 Å². The van der Waals surface area contributed by atoms with Crippen molar-refractivity contribution in [2.45, 2.75) is 25.3 Å². The second-order valence-corrected chi connectivity index (χ2v) is 6.76. The Balaban J connectivity index is 0.000000941. The highest BCUT2D eigenvalue weighted by atomic mass is 35.5. The maximum Gasteiger partial charge on any atom is 0.290 e. The molecule has 0 bridgehead atoms. The van der Waals surface area contributed by atoms with Crippen LogP contribution in [0.25, 0.3) is 11.0 Å². The van der Waals surface area contributed by atoms with Gasteiger partial charge in [0, 0.05) is 18.0 Å². The predicted molar refractivity (Wildman–Crippen MR) is 111 cm³/mol. The van der Waals surface area contributed by atoms with Crippen LogP contribution in [0.4, 0.5) is 0 Å². The number of phenolic OH excluding ortho intramolecular Hbond substituents is 1. The molecule has 1 amide bonds. The number of rotatable bonds is 7. The Kier molecular flexibility index (Phi) is 8.45. The van der Waals surface area contributed by atoms with E-state index in [1.54, 1.807) is 24.3 Å². The second kappa shape index (κ2) is 11.0. The molecular formula is C20H23ClN4O4. The van der Waals surface area contributed by atoms with Gasteiger partial charge in [-0.05, 0) is 48.7 Å². The largest absolute Gasteiger partial charge is 0.508 e. The number of phenols is 1. The topological polar surface area (TPSA) is 141 Å². The summed E-state index contributed by atoms with van der Waals surface area (Å²) in [6, 6.07) is 11.6. The van der Waals surface area contributed by atoms with Crippen LogP contribution in [-0.4, -0.2) is 45.1 Å². The third kappa shape index (κ3) is 7.10. The van der Waals surface area contributed by atoms with Gasteiger partial charge in [0.15, 0.2) is 0 Å². The Labute approximate surface area is 172 Å². The summed E-state index contributed by atoms with van der Waals surface area (Å²) in [6.07, 6.45) is 1.90. The summed E-state index contributed by atoms with van der Waals surface area (Å²) in [4.78, 5) is 28.2. The molecule has 1 atom stereocenters. The number of benzene rings is 2. The van der Waals surface area contributed by atoms with Crippen molar-refractivity contribution in [3.8, 4) is 5.75 Å². The number of hydrogen-bond acceptors (Lipinski definition) is 5. The number of hydrogen-bond donors (Lipinski definition) is 5. The number of amides is 1. The molecule has 29 heavy (non-hydrogen) atoms. The standard InChI is InChI=1S/C19H21ClN4O2.CH2O2/c20-13-5-8-16-17(11-13)24-18(23-16)2-1-9-22-19(26)15(21)10-12-3-6-14(25)7-4-12;2-1-3/h3-8,11,15,25H,1-2,9-10,21H2,(H,22,26)(H,23,24);1H,(H,2,3)/t15-;/m0./s1. The van der Waals surface area contributed by atoms with Crippen LogP contribution in [0, 0.1) is 0 Å². The first kappa shape index (κ1) is 22.2. The van der Waals surface area contributed by atoms with Gasteiger partial charge in [0.05, 0.1) is 17.1 Å². The quantitative estimate of drug-likeness (QED) is 0.294. The normalized spacial score (nSPS) is 11.4. The number of halogens is 1. The zero-order valence-corrected chi connectivity index (χ0v) is 16.4. The van der Waals surface area contributed by atoms with Crippen molar-refractivity contribution >= 4 is 35.0 Å². The average Bonchev–Trinajstić information content (AvgIpc) is 3.09. The lowest BCUT2D eigenvalue weighted by Gasteiger charge is -2.12. The Hall–Kier alpha value is -3.10. The van der Waals surface area contributed by atoms with Gasteiger partial charge in [-0.3, -0.25) is 9.59 Å². The molecule has 8 nitrogen and oxygen atoms in total. The number of nitrogens with two attached hydrogens (primary N) is 1. The maximum absolute atomic E-state index is 12.1. The molecule has 3 rings (SSSR count). The van der Waals surface area contributed by atoms with Crippen molar-refractivity contribution in [3.05, 3.63) is 58.9 Å². The Morgan fingerprint density at radius 1 is 1.28 bits per heavy atom. The highest BCUT2D eigenvalue weighted by Gasteiger charge is 2.13. The van der Waals surface area contributed by atoms with Gasteiger partial charge >= 0.3 is 0 Å². The SMILES string of the molecule is N[C@@H](Cc1ccc(O)cc1)C(=O)NCCCc1nc2ccc(Cl)cc2[nH]1.O=CO. The van der Waals surface area contributed by atoms with Gasteiger partial charge in [0.1, 0.15) is 11.6 Å². The number of imidazole rings is 1. The van der Waals surface area contributed by atoms with Crippen LogP contribution < -0.4 is 11.1 Å². The van der Waals surface area contributed by atoms with Gasteiger partial charge in [0.25, 0.3) is 6.47 Å². The molecule has 1 aromatic heterocycles. The summed E-state index contributed by atoms with van der Waals surface area (Å²) in [6.45, 7) is 0.278. The summed E-state index contributed by atoms with van der Waals surface area (Å²) in [5, 5.41) is 19.7. The molecule has 2 aromatic carbocycles. The molecule has 0 aliphatic rings. The van der Waals surface area contributed by atoms with E-state index in [0.29, 0.717) is 18.0 Å². The minimum Gasteiger partial charge on any atom is -0.508 e. The first-order valence-corrected chi connectivity index (χ1v) is 9.34. The van der Waals surface area contributed by atoms with Gasteiger partial charge in [0.2, 0.25) is 5.91 Å². The minimum absolute atomic E-state index is 0.186. The lowest BCUT2D eigenvalue weighted by molar-refractivity contribution is -0.123. The first-order valence-electron chi connectivity index (χ1n) is 8.96. The molecule has 0 radical (unpaired) electrons. The molecule has 0 aliphatic heterocycles. The number of carboxylic acid groups (broad SMARTS) is 1. The number of fused-ring (bicyclic) bond motifs is 1. The number of nitrogens with one attached hydrogen (secondary N) is 2. The lowest BCUT2D eigenvalue weighted by atomic mass is 10.1. The van der Waals surface area contributed by atoms with Crippen molar-refractivity contribution < 1.29 is 19.8 Å². The van der Waals surface area contributed by atoms with Crippen LogP contribution in [-0.2, 0) is 22.4 Å². The van der Waals surface area contributed by atoms with Crippen LogP contribution in [0.1, 0.15) is 17.8 Å². The van der Waals surface area contributed by atoms with E-state index in [0.717, 1.165) is 35.3 Å². The summed E-state index contributed by atoms with van der Waals surface area (Å²) in [5.74, 6) is 0.874. The fraction of sp³-hybridized carbons (Fsp3) is 0.250. The van der Waals surface area contributed by atoms with Gasteiger partial charge in [-0.25, -0.2) is 4.98 Å². The van der Waals surface area contributed by atoms with E-state index in [1.807, 2.05) is 18.2 Å². The molecule has 0 saturated carbocycles. The number of carbonyl (C=O) groups excluding carboxylic acids is 1. The highest BCUT2D eigenvalue weighted by Crippen LogP contribution is 2.17. The monoisotopic (exact) mass is 418 g/mol. The lowest BCUT2D eigenvalue weighted by Crippen LogP contribution is -2.42. The summed E-state index contributed by atoms with van der Waals surface area (Å²) in [5.41, 5.74) is 8.64. The van der Waals surface area contributed by atoms with Crippen molar-refractivity contribution in [1.82, 2.24) is 15.3 Å². The molecule has 0 unspecified atom stereocenters. The first-order chi connectivity index (χ1) is 13.9. The van der Waals surface area contributed by atoms with E-state index in [1.165, 1.54) is 0 Å². The fourth-order valence-corrected chi connectivity index (χ4v) is 2.90. The molecule has 6 N–H and O–H groups in total. The maximum atomic E-state index is 12.1. The number of aromatic nitrogens is 2. The van der Waals surface area contributed by atoms with Crippen LogP contribution in [0.3, 0.4) is 0 Å². The molecule has 154 valence electrons. The zero-order chi connectivity index (χ0) is 21.2. The van der Waals surface area contributed by atoms with E-state index < -0.39 is 6.04 Å². The van der Waals surface area contributed by atoms with E-state index >= 15 is 0 Å². The van der Waals surface area contributed by atoms with Crippen molar-refractivity contribution in [2.75, 3.05) is 6.54 Å². The number of aryl methyl sites for hydroxylation is 1. The molecule has 0 saturated heterocycles. The molecule has 1 heterocycles. The Morgan fingerprint density at radius 2 is 1.97 bits per heavy atom. The van der Waals surface area contributed by atoms with E-state index in [9.17, 15) is 9.90 Å². The number of H-pyrrole nitrogens is 1. The second-order valence-electron chi connectivity index (χ2n) is 6.32. The zero-order valence-electron chi connectivity index (χ0n) is 15.6. The van der Waals surface area contributed by atoms with Crippen molar-refractivity contribution in [1.29, 1.82) is 0 Å². The Bertz CT molecular complexity index is 943. The minimum atomic E-state index is -0.618. The Morgan fingerprint density at radius 3 is 2.66 bits per heavy atom. The summed E-state index contributed by atoms with van der Waals surface area (Å²) >= 11 is 5.97.